The van der Waals surface area contributed by atoms with Gasteiger partial charge < -0.3 is 15.0 Å². The van der Waals surface area contributed by atoms with Crippen molar-refractivity contribution in [2.45, 2.75) is 26.3 Å². The Morgan fingerprint density at radius 3 is 3.00 bits per heavy atom. The van der Waals surface area contributed by atoms with Crippen molar-refractivity contribution in [2.24, 2.45) is 0 Å². The van der Waals surface area contributed by atoms with Gasteiger partial charge in [0.1, 0.15) is 5.75 Å². The molecule has 0 bridgehead atoms. The molecule has 3 nitrogen and oxygen atoms in total. The molecule has 1 aromatic carbocycles. The summed E-state index contributed by atoms with van der Waals surface area (Å²) in [5.41, 5.74) is 5.27. The van der Waals surface area contributed by atoms with E-state index in [1.165, 1.54) is 28.6 Å². The van der Waals surface area contributed by atoms with E-state index in [1.807, 2.05) is 6.07 Å². The van der Waals surface area contributed by atoms with Crippen molar-refractivity contribution in [3.8, 4) is 5.75 Å². The molecule has 0 saturated heterocycles. The molecule has 17 heavy (non-hydrogen) atoms. The highest BCUT2D eigenvalue weighted by Gasteiger charge is 2.17. The second-order valence-corrected chi connectivity index (χ2v) is 4.70. The average molecular weight is 230 g/mol. The predicted octanol–water partition coefficient (Wildman–Crippen LogP) is 2.52. The molecule has 2 heterocycles. The number of aromatic nitrogens is 1. The minimum atomic E-state index is 0.943. The number of methoxy groups -OCH3 is 1. The van der Waals surface area contributed by atoms with Crippen LogP contribution in [0.4, 0.5) is 0 Å². The monoisotopic (exact) mass is 230 g/mol. The zero-order valence-corrected chi connectivity index (χ0v) is 10.4. The molecule has 0 saturated carbocycles. The van der Waals surface area contributed by atoms with Gasteiger partial charge in [0.25, 0.3) is 0 Å². The molecule has 90 valence electrons. The normalized spacial score (nSPS) is 15.6. The van der Waals surface area contributed by atoms with Gasteiger partial charge in [0.2, 0.25) is 0 Å². The Morgan fingerprint density at radius 2 is 2.18 bits per heavy atom. The molecule has 0 unspecified atom stereocenters. The maximum absolute atomic E-state index is 5.44. The Hall–Kier alpha value is -1.48. The van der Waals surface area contributed by atoms with Crippen LogP contribution < -0.4 is 10.1 Å². The van der Waals surface area contributed by atoms with E-state index < -0.39 is 0 Å². The Balaban J connectivity index is 2.30. The van der Waals surface area contributed by atoms with E-state index in [-0.39, 0.29) is 0 Å². The number of ether oxygens (including phenoxy) is 1. The molecule has 1 aliphatic rings. The molecule has 2 aromatic rings. The Kier molecular flexibility index (Phi) is 2.56. The van der Waals surface area contributed by atoms with Crippen LogP contribution in [-0.4, -0.2) is 18.6 Å². The van der Waals surface area contributed by atoms with E-state index in [4.69, 9.17) is 4.74 Å². The van der Waals surface area contributed by atoms with Crippen molar-refractivity contribution in [1.29, 1.82) is 0 Å². The maximum Gasteiger partial charge on any atom is 0.142 e. The smallest absolute Gasteiger partial charge is 0.142 e. The molecule has 0 atom stereocenters. The van der Waals surface area contributed by atoms with Crippen molar-refractivity contribution in [1.82, 2.24) is 10.3 Å². The standard InChI is InChI=1S/C14H18N2O/c1-9-5-6-12(17-2)14-13(9)10-8-15-7-3-4-11(10)16-14/h5-6,15-16H,3-4,7-8H2,1-2H3. The lowest BCUT2D eigenvalue weighted by atomic mass is 10.0. The number of fused-ring (bicyclic) bond motifs is 3. The molecule has 2 N–H and O–H groups in total. The zero-order chi connectivity index (χ0) is 11.8. The lowest BCUT2D eigenvalue weighted by Gasteiger charge is -2.06. The van der Waals surface area contributed by atoms with Crippen LogP contribution in [0.15, 0.2) is 12.1 Å². The third-order valence-electron chi connectivity index (χ3n) is 3.62. The van der Waals surface area contributed by atoms with Crippen molar-refractivity contribution in [3.63, 3.8) is 0 Å². The van der Waals surface area contributed by atoms with Crippen molar-refractivity contribution < 1.29 is 4.74 Å². The molecule has 3 heteroatoms. The SMILES string of the molecule is COc1ccc(C)c2c3c([nH]c12)CCCNC3. The van der Waals surface area contributed by atoms with Crippen LogP contribution in [0.25, 0.3) is 10.9 Å². The van der Waals surface area contributed by atoms with E-state index in [2.05, 4.69) is 23.3 Å². The summed E-state index contributed by atoms with van der Waals surface area (Å²) in [6, 6.07) is 4.18. The molecule has 3 rings (SSSR count). The first-order valence-electron chi connectivity index (χ1n) is 6.19. The molecule has 0 fully saturated rings. The third-order valence-corrected chi connectivity index (χ3v) is 3.62. The summed E-state index contributed by atoms with van der Waals surface area (Å²) in [5.74, 6) is 0.943. The van der Waals surface area contributed by atoms with Crippen LogP contribution in [0.2, 0.25) is 0 Å². The number of nitrogens with one attached hydrogen (secondary N) is 2. The topological polar surface area (TPSA) is 37.0 Å². The van der Waals surface area contributed by atoms with Crippen LogP contribution in [0.3, 0.4) is 0 Å². The molecule has 1 aliphatic heterocycles. The highest BCUT2D eigenvalue weighted by molar-refractivity contribution is 5.92. The first kappa shape index (κ1) is 10.7. The van der Waals surface area contributed by atoms with Gasteiger partial charge in [0.15, 0.2) is 0 Å². The Bertz CT molecular complexity index is 557. The average Bonchev–Trinajstić information content (AvgIpc) is 2.55. The van der Waals surface area contributed by atoms with Crippen LogP contribution in [0, 0.1) is 6.92 Å². The number of aromatic amines is 1. The minimum absolute atomic E-state index is 0.943. The fourth-order valence-corrected chi connectivity index (χ4v) is 2.76. The molecule has 0 spiro atoms. The van der Waals surface area contributed by atoms with E-state index in [9.17, 15) is 0 Å². The number of rotatable bonds is 1. The lowest BCUT2D eigenvalue weighted by molar-refractivity contribution is 0.419. The van der Waals surface area contributed by atoms with Gasteiger partial charge in [-0.25, -0.2) is 0 Å². The first-order valence-corrected chi connectivity index (χ1v) is 6.19. The van der Waals surface area contributed by atoms with Gasteiger partial charge in [-0.1, -0.05) is 6.07 Å². The minimum Gasteiger partial charge on any atom is -0.495 e. The molecule has 0 aliphatic carbocycles. The van der Waals surface area contributed by atoms with E-state index in [0.29, 0.717) is 0 Å². The van der Waals surface area contributed by atoms with Gasteiger partial charge in [-0.2, -0.15) is 0 Å². The third kappa shape index (κ3) is 1.62. The number of hydrogen-bond donors (Lipinski definition) is 2. The zero-order valence-electron chi connectivity index (χ0n) is 10.4. The summed E-state index contributed by atoms with van der Waals surface area (Å²) in [6.07, 6.45) is 2.32. The summed E-state index contributed by atoms with van der Waals surface area (Å²) >= 11 is 0. The maximum atomic E-state index is 5.44. The Morgan fingerprint density at radius 1 is 1.29 bits per heavy atom. The summed E-state index contributed by atoms with van der Waals surface area (Å²) in [5, 5.41) is 4.83. The summed E-state index contributed by atoms with van der Waals surface area (Å²) in [4.78, 5) is 3.55. The van der Waals surface area contributed by atoms with Gasteiger partial charge >= 0.3 is 0 Å². The predicted molar refractivity (Wildman–Crippen MR) is 69.6 cm³/mol. The summed E-state index contributed by atoms with van der Waals surface area (Å²) in [7, 11) is 1.73. The fraction of sp³-hybridized carbons (Fsp3) is 0.429. The van der Waals surface area contributed by atoms with Gasteiger partial charge in [0.05, 0.1) is 12.6 Å². The van der Waals surface area contributed by atoms with E-state index >= 15 is 0 Å². The van der Waals surface area contributed by atoms with Crippen LogP contribution >= 0.6 is 0 Å². The quantitative estimate of drug-likeness (QED) is 0.790. The largest absolute Gasteiger partial charge is 0.495 e. The van der Waals surface area contributed by atoms with Crippen LogP contribution in [0.1, 0.15) is 23.2 Å². The van der Waals surface area contributed by atoms with Crippen molar-refractivity contribution >= 4 is 10.9 Å². The van der Waals surface area contributed by atoms with Gasteiger partial charge in [-0.3, -0.25) is 0 Å². The van der Waals surface area contributed by atoms with Crippen molar-refractivity contribution in [2.75, 3.05) is 13.7 Å². The highest BCUT2D eigenvalue weighted by atomic mass is 16.5. The van der Waals surface area contributed by atoms with Gasteiger partial charge in [-0.05, 0) is 43.5 Å². The molecular weight excluding hydrogens is 212 g/mol. The molecular formula is C14H18N2O. The van der Waals surface area contributed by atoms with E-state index in [1.54, 1.807) is 7.11 Å². The second kappa shape index (κ2) is 4.08. The molecule has 1 aromatic heterocycles. The summed E-state index contributed by atoms with van der Waals surface area (Å²) in [6.45, 7) is 4.23. The fourth-order valence-electron chi connectivity index (χ4n) is 2.76. The number of hydrogen-bond acceptors (Lipinski definition) is 2. The highest BCUT2D eigenvalue weighted by Crippen LogP contribution is 2.33. The number of benzene rings is 1. The van der Waals surface area contributed by atoms with Crippen LogP contribution in [0.5, 0.6) is 5.75 Å². The van der Waals surface area contributed by atoms with E-state index in [0.717, 1.165) is 30.8 Å². The van der Waals surface area contributed by atoms with Gasteiger partial charge in [-0.15, -0.1) is 0 Å². The number of H-pyrrole nitrogens is 1. The Labute approximate surface area is 101 Å². The lowest BCUT2D eigenvalue weighted by Crippen LogP contribution is -2.12. The second-order valence-electron chi connectivity index (χ2n) is 4.70. The summed E-state index contributed by atoms with van der Waals surface area (Å²) < 4.78 is 5.44. The van der Waals surface area contributed by atoms with Crippen LogP contribution in [-0.2, 0) is 13.0 Å². The number of aryl methyl sites for hydroxylation is 2. The first-order chi connectivity index (χ1) is 8.31. The molecule has 0 radical (unpaired) electrons. The van der Waals surface area contributed by atoms with Gasteiger partial charge in [0, 0.05) is 17.6 Å². The van der Waals surface area contributed by atoms with Crippen molar-refractivity contribution in [3.05, 3.63) is 29.0 Å². The molecule has 0 amide bonds.